The summed E-state index contributed by atoms with van der Waals surface area (Å²) in [6.45, 7) is 0. The van der Waals surface area contributed by atoms with Crippen molar-refractivity contribution in [3.05, 3.63) is 28.0 Å². The maximum atomic E-state index is 11.7. The molecular formula is C12H15N3O4. The highest BCUT2D eigenvalue weighted by atomic mass is 16.6. The van der Waals surface area contributed by atoms with Crippen molar-refractivity contribution in [2.75, 3.05) is 0 Å². The molecule has 0 aliphatic heterocycles. The molecule has 1 aliphatic carbocycles. The van der Waals surface area contributed by atoms with Gasteiger partial charge >= 0.3 is 5.88 Å². The van der Waals surface area contributed by atoms with Crippen molar-refractivity contribution in [1.82, 2.24) is 5.43 Å². The summed E-state index contributed by atoms with van der Waals surface area (Å²) in [5.41, 5.74) is 2.44. The van der Waals surface area contributed by atoms with Gasteiger partial charge in [0.05, 0.1) is 12.3 Å². The van der Waals surface area contributed by atoms with Gasteiger partial charge in [-0.05, 0) is 18.9 Å². The highest BCUT2D eigenvalue weighted by Gasteiger charge is 2.20. The largest absolute Gasteiger partial charge is 0.433 e. The van der Waals surface area contributed by atoms with Crippen LogP contribution in [0.3, 0.4) is 0 Å². The maximum Gasteiger partial charge on any atom is 0.433 e. The summed E-state index contributed by atoms with van der Waals surface area (Å²) in [6.07, 6.45) is 6.39. The predicted molar refractivity (Wildman–Crippen MR) is 67.7 cm³/mol. The van der Waals surface area contributed by atoms with E-state index in [2.05, 4.69) is 10.5 Å². The fourth-order valence-corrected chi connectivity index (χ4v) is 2.13. The van der Waals surface area contributed by atoms with Crippen LogP contribution in [-0.4, -0.2) is 17.0 Å². The maximum absolute atomic E-state index is 11.7. The number of nitrogens with zero attached hydrogens (tertiary/aromatic N) is 2. The van der Waals surface area contributed by atoms with Gasteiger partial charge in [0.2, 0.25) is 5.91 Å². The molecule has 1 aliphatic rings. The Morgan fingerprint density at radius 1 is 1.42 bits per heavy atom. The van der Waals surface area contributed by atoms with Crippen molar-refractivity contribution in [1.29, 1.82) is 0 Å². The molecule has 102 valence electrons. The number of nitro groups is 1. The SMILES string of the molecule is O=C(NN=Cc1ccc([N+](=O)[O-])o1)C1CCCCC1. The van der Waals surface area contributed by atoms with Crippen LogP contribution in [0.25, 0.3) is 0 Å². The van der Waals surface area contributed by atoms with Crippen LogP contribution in [0.2, 0.25) is 0 Å². The van der Waals surface area contributed by atoms with Crippen LogP contribution < -0.4 is 5.43 Å². The summed E-state index contributed by atoms with van der Waals surface area (Å²) in [5.74, 6) is -0.190. The third-order valence-corrected chi connectivity index (χ3v) is 3.14. The smallest absolute Gasteiger partial charge is 0.400 e. The number of hydrogen-bond acceptors (Lipinski definition) is 5. The van der Waals surface area contributed by atoms with Crippen molar-refractivity contribution in [2.45, 2.75) is 32.1 Å². The van der Waals surface area contributed by atoms with Gasteiger partial charge in [-0.2, -0.15) is 5.10 Å². The summed E-state index contributed by atoms with van der Waals surface area (Å²) in [6, 6.07) is 2.67. The molecule has 0 unspecified atom stereocenters. The number of nitrogens with one attached hydrogen (secondary N) is 1. The summed E-state index contributed by atoms with van der Waals surface area (Å²) < 4.78 is 4.87. The van der Waals surface area contributed by atoms with E-state index in [-0.39, 0.29) is 23.5 Å². The van der Waals surface area contributed by atoms with E-state index in [4.69, 9.17) is 4.42 Å². The second kappa shape index (κ2) is 6.12. The molecule has 1 amide bonds. The standard InChI is InChI=1S/C12H15N3O4/c16-12(9-4-2-1-3-5-9)14-13-8-10-6-7-11(19-10)15(17)18/h6-9H,1-5H2,(H,14,16). The van der Waals surface area contributed by atoms with Gasteiger partial charge in [-0.15, -0.1) is 0 Å². The molecule has 0 atom stereocenters. The summed E-state index contributed by atoms with van der Waals surface area (Å²) in [5, 5.41) is 14.1. The normalized spacial score (nSPS) is 16.6. The third kappa shape index (κ3) is 3.64. The fourth-order valence-electron chi connectivity index (χ4n) is 2.13. The van der Waals surface area contributed by atoms with E-state index in [0.29, 0.717) is 0 Å². The van der Waals surface area contributed by atoms with Crippen LogP contribution in [0.1, 0.15) is 37.9 Å². The lowest BCUT2D eigenvalue weighted by atomic mass is 9.89. The molecule has 0 aromatic carbocycles. The zero-order valence-electron chi connectivity index (χ0n) is 10.4. The first-order valence-electron chi connectivity index (χ1n) is 6.24. The van der Waals surface area contributed by atoms with Gasteiger partial charge < -0.3 is 4.42 Å². The number of hydrogen-bond donors (Lipinski definition) is 1. The second-order valence-corrected chi connectivity index (χ2v) is 4.50. The monoisotopic (exact) mass is 265 g/mol. The molecule has 1 N–H and O–H groups in total. The Morgan fingerprint density at radius 2 is 2.16 bits per heavy atom. The van der Waals surface area contributed by atoms with Crippen LogP contribution in [0, 0.1) is 16.0 Å². The number of furan rings is 1. The summed E-state index contributed by atoms with van der Waals surface area (Å²) in [7, 11) is 0. The number of rotatable bonds is 4. The Hall–Kier alpha value is -2.18. The van der Waals surface area contributed by atoms with Crippen molar-refractivity contribution in [3.8, 4) is 0 Å². The number of amides is 1. The average Bonchev–Trinajstić information content (AvgIpc) is 2.89. The first-order valence-corrected chi connectivity index (χ1v) is 6.24. The van der Waals surface area contributed by atoms with Gasteiger partial charge in [0.1, 0.15) is 4.92 Å². The summed E-state index contributed by atoms with van der Waals surface area (Å²) >= 11 is 0. The van der Waals surface area contributed by atoms with E-state index < -0.39 is 4.92 Å². The fraction of sp³-hybridized carbons (Fsp3) is 0.500. The zero-order chi connectivity index (χ0) is 13.7. The van der Waals surface area contributed by atoms with Gasteiger partial charge in [-0.3, -0.25) is 14.9 Å². The van der Waals surface area contributed by atoms with Gasteiger partial charge in [0.25, 0.3) is 0 Å². The first-order chi connectivity index (χ1) is 9.16. The van der Waals surface area contributed by atoms with Crippen LogP contribution in [0.15, 0.2) is 21.7 Å². The highest BCUT2D eigenvalue weighted by molar-refractivity contribution is 5.81. The molecule has 19 heavy (non-hydrogen) atoms. The molecule has 1 aromatic heterocycles. The number of hydrazone groups is 1. The van der Waals surface area contributed by atoms with Crippen LogP contribution in [0.4, 0.5) is 5.88 Å². The van der Waals surface area contributed by atoms with E-state index in [1.165, 1.54) is 24.8 Å². The Kier molecular flexibility index (Phi) is 4.27. The molecular weight excluding hydrogens is 250 g/mol. The molecule has 7 nitrogen and oxygen atoms in total. The van der Waals surface area contributed by atoms with Crippen LogP contribution in [0.5, 0.6) is 0 Å². The first kappa shape index (κ1) is 13.3. The minimum absolute atomic E-state index is 0.0248. The minimum Gasteiger partial charge on any atom is -0.400 e. The lowest BCUT2D eigenvalue weighted by molar-refractivity contribution is -0.402. The number of carbonyl (C=O) groups is 1. The van der Waals surface area contributed by atoms with E-state index >= 15 is 0 Å². The van der Waals surface area contributed by atoms with Gasteiger partial charge in [-0.25, -0.2) is 5.43 Å². The Bertz CT molecular complexity index is 489. The Labute approximate surface area is 109 Å². The highest BCUT2D eigenvalue weighted by Crippen LogP contribution is 2.23. The molecule has 0 spiro atoms. The van der Waals surface area contributed by atoms with E-state index in [1.54, 1.807) is 0 Å². The van der Waals surface area contributed by atoms with Crippen LogP contribution in [-0.2, 0) is 4.79 Å². The van der Waals surface area contributed by atoms with Gasteiger partial charge in [0.15, 0.2) is 5.76 Å². The van der Waals surface area contributed by atoms with Gasteiger partial charge in [0, 0.05) is 5.92 Å². The van der Waals surface area contributed by atoms with Crippen molar-refractivity contribution >= 4 is 18.0 Å². The van der Waals surface area contributed by atoms with Crippen LogP contribution >= 0.6 is 0 Å². The third-order valence-electron chi connectivity index (χ3n) is 3.14. The molecule has 0 radical (unpaired) electrons. The molecule has 1 aromatic rings. The van der Waals surface area contributed by atoms with E-state index in [0.717, 1.165) is 25.7 Å². The van der Waals surface area contributed by atoms with Crippen molar-refractivity contribution in [3.63, 3.8) is 0 Å². The molecule has 0 bridgehead atoms. The Morgan fingerprint density at radius 3 is 2.79 bits per heavy atom. The van der Waals surface area contributed by atoms with Gasteiger partial charge in [-0.1, -0.05) is 19.3 Å². The molecule has 0 saturated heterocycles. The van der Waals surface area contributed by atoms with E-state index in [9.17, 15) is 14.9 Å². The molecule has 1 fully saturated rings. The molecule has 1 heterocycles. The van der Waals surface area contributed by atoms with Crippen molar-refractivity contribution < 1.29 is 14.1 Å². The van der Waals surface area contributed by atoms with Crippen molar-refractivity contribution in [2.24, 2.45) is 11.0 Å². The second-order valence-electron chi connectivity index (χ2n) is 4.50. The quantitative estimate of drug-likeness (QED) is 0.512. The molecule has 1 saturated carbocycles. The summed E-state index contributed by atoms with van der Waals surface area (Å²) in [4.78, 5) is 21.5. The topological polar surface area (TPSA) is 97.7 Å². The molecule has 7 heteroatoms. The predicted octanol–water partition coefficient (Wildman–Crippen LogP) is 2.22. The lowest BCUT2D eigenvalue weighted by Gasteiger charge is -2.19. The van der Waals surface area contributed by atoms with E-state index in [1.807, 2.05) is 0 Å². The zero-order valence-corrected chi connectivity index (χ0v) is 10.4. The molecule has 2 rings (SSSR count). The minimum atomic E-state index is -0.627. The average molecular weight is 265 g/mol. The lowest BCUT2D eigenvalue weighted by Crippen LogP contribution is -2.28. The number of carbonyl (C=O) groups excluding carboxylic acids is 1. The Balaban J connectivity index is 1.84.